The maximum atomic E-state index is 12.0. The molecular weight excluding hydrogens is 244 g/mol. The molecule has 104 valence electrons. The van der Waals surface area contributed by atoms with Gasteiger partial charge in [0.2, 0.25) is 0 Å². The Morgan fingerprint density at radius 2 is 2.11 bits per heavy atom. The highest BCUT2D eigenvalue weighted by Crippen LogP contribution is 2.34. The van der Waals surface area contributed by atoms with Gasteiger partial charge >= 0.3 is 5.97 Å². The summed E-state index contributed by atoms with van der Waals surface area (Å²) in [6.07, 6.45) is 0.0832. The van der Waals surface area contributed by atoms with Gasteiger partial charge in [0.1, 0.15) is 0 Å². The monoisotopic (exact) mass is 264 g/mol. The minimum Gasteiger partial charge on any atom is -0.467 e. The maximum absolute atomic E-state index is 12.0. The van der Waals surface area contributed by atoms with Crippen LogP contribution in [0.1, 0.15) is 19.4 Å². The third-order valence-corrected chi connectivity index (χ3v) is 3.76. The third kappa shape index (κ3) is 3.14. The zero-order valence-corrected chi connectivity index (χ0v) is 11.6. The van der Waals surface area contributed by atoms with Crippen LogP contribution in [0.5, 0.6) is 0 Å². The van der Waals surface area contributed by atoms with Crippen LogP contribution in [0.2, 0.25) is 0 Å². The Balaban J connectivity index is 2.07. The standard InChI is InChI=1S/C15H20O4/c1-11(13-10-18-13)15(2,14(16)17-3)19-9-12-7-5-4-6-8-12/h4-8,11,13H,9-10H2,1-3H3. The Bertz CT molecular complexity index is 427. The number of methoxy groups -OCH3 is 1. The van der Waals surface area contributed by atoms with E-state index in [4.69, 9.17) is 14.2 Å². The summed E-state index contributed by atoms with van der Waals surface area (Å²) in [5.41, 5.74) is 0.0488. The number of benzene rings is 1. The van der Waals surface area contributed by atoms with Crippen LogP contribution in [0, 0.1) is 5.92 Å². The van der Waals surface area contributed by atoms with Crippen LogP contribution in [-0.2, 0) is 25.6 Å². The van der Waals surface area contributed by atoms with Gasteiger partial charge in [0.05, 0.1) is 26.4 Å². The topological polar surface area (TPSA) is 48.1 Å². The van der Waals surface area contributed by atoms with Gasteiger partial charge in [-0.3, -0.25) is 0 Å². The lowest BCUT2D eigenvalue weighted by Crippen LogP contribution is -2.47. The molecule has 0 saturated carbocycles. The molecule has 0 amide bonds. The number of esters is 1. The van der Waals surface area contributed by atoms with Gasteiger partial charge in [-0.15, -0.1) is 0 Å². The summed E-state index contributed by atoms with van der Waals surface area (Å²) in [5.74, 6) is -0.393. The fraction of sp³-hybridized carbons (Fsp3) is 0.533. The maximum Gasteiger partial charge on any atom is 0.338 e. The SMILES string of the molecule is COC(=O)C(C)(OCc1ccccc1)C(C)C1CO1. The Kier molecular flexibility index (Phi) is 4.22. The lowest BCUT2D eigenvalue weighted by molar-refractivity contribution is -0.177. The molecule has 0 N–H and O–H groups in total. The average molecular weight is 264 g/mol. The fourth-order valence-electron chi connectivity index (χ4n) is 2.09. The van der Waals surface area contributed by atoms with Gasteiger partial charge in [-0.1, -0.05) is 37.3 Å². The first-order valence-electron chi connectivity index (χ1n) is 6.46. The molecule has 0 spiro atoms. The van der Waals surface area contributed by atoms with E-state index in [0.717, 1.165) is 5.56 Å². The molecule has 4 nitrogen and oxygen atoms in total. The van der Waals surface area contributed by atoms with Crippen molar-refractivity contribution in [3.05, 3.63) is 35.9 Å². The van der Waals surface area contributed by atoms with Gasteiger partial charge in [0.15, 0.2) is 5.60 Å². The van der Waals surface area contributed by atoms with Crippen molar-refractivity contribution in [3.8, 4) is 0 Å². The summed E-state index contributed by atoms with van der Waals surface area (Å²) in [4.78, 5) is 12.0. The van der Waals surface area contributed by atoms with Gasteiger partial charge in [-0.2, -0.15) is 0 Å². The highest BCUT2D eigenvalue weighted by molar-refractivity contribution is 5.79. The zero-order chi connectivity index (χ0) is 13.9. The average Bonchev–Trinajstić information content (AvgIpc) is 3.28. The Hall–Kier alpha value is -1.39. The van der Waals surface area contributed by atoms with E-state index in [1.165, 1.54) is 7.11 Å². The molecule has 3 unspecified atom stereocenters. The van der Waals surface area contributed by atoms with Crippen molar-refractivity contribution in [3.63, 3.8) is 0 Å². The number of ether oxygens (including phenoxy) is 3. The van der Waals surface area contributed by atoms with E-state index in [2.05, 4.69) is 0 Å². The van der Waals surface area contributed by atoms with Crippen molar-refractivity contribution in [2.75, 3.05) is 13.7 Å². The van der Waals surface area contributed by atoms with Gasteiger partial charge in [0, 0.05) is 5.92 Å². The Morgan fingerprint density at radius 3 is 2.63 bits per heavy atom. The van der Waals surface area contributed by atoms with Crippen molar-refractivity contribution < 1.29 is 19.0 Å². The van der Waals surface area contributed by atoms with E-state index in [1.54, 1.807) is 6.92 Å². The van der Waals surface area contributed by atoms with Crippen molar-refractivity contribution >= 4 is 5.97 Å². The van der Waals surface area contributed by atoms with E-state index < -0.39 is 5.60 Å². The lowest BCUT2D eigenvalue weighted by atomic mass is 9.88. The molecule has 0 radical (unpaired) electrons. The predicted molar refractivity (Wildman–Crippen MR) is 70.6 cm³/mol. The largest absolute Gasteiger partial charge is 0.467 e. The predicted octanol–water partition coefficient (Wildman–Crippen LogP) is 2.17. The molecule has 0 aromatic heterocycles. The van der Waals surface area contributed by atoms with Crippen LogP contribution in [0.4, 0.5) is 0 Å². The van der Waals surface area contributed by atoms with Crippen LogP contribution >= 0.6 is 0 Å². The van der Waals surface area contributed by atoms with Crippen LogP contribution < -0.4 is 0 Å². The second-order valence-corrected chi connectivity index (χ2v) is 5.03. The summed E-state index contributed by atoms with van der Waals surface area (Å²) in [6, 6.07) is 9.78. The molecule has 1 aromatic carbocycles. The summed E-state index contributed by atoms with van der Waals surface area (Å²) >= 11 is 0. The van der Waals surface area contributed by atoms with Crippen molar-refractivity contribution in [1.82, 2.24) is 0 Å². The summed E-state index contributed by atoms with van der Waals surface area (Å²) in [5, 5.41) is 0. The molecule has 1 aromatic rings. The summed E-state index contributed by atoms with van der Waals surface area (Å²) in [6.45, 7) is 4.79. The minimum atomic E-state index is -0.980. The number of epoxide rings is 1. The molecule has 1 saturated heterocycles. The number of hydrogen-bond donors (Lipinski definition) is 0. The fourth-order valence-corrected chi connectivity index (χ4v) is 2.09. The zero-order valence-electron chi connectivity index (χ0n) is 11.6. The molecule has 3 atom stereocenters. The molecule has 2 rings (SSSR count). The molecule has 1 aliphatic rings. The number of carbonyl (C=O) groups excluding carboxylic acids is 1. The number of rotatable bonds is 6. The molecule has 4 heteroatoms. The van der Waals surface area contributed by atoms with Crippen LogP contribution in [0.3, 0.4) is 0 Å². The molecule has 1 heterocycles. The van der Waals surface area contributed by atoms with Gasteiger partial charge in [0.25, 0.3) is 0 Å². The number of carbonyl (C=O) groups is 1. The smallest absolute Gasteiger partial charge is 0.338 e. The van der Waals surface area contributed by atoms with Crippen molar-refractivity contribution in [2.24, 2.45) is 5.92 Å². The number of hydrogen-bond acceptors (Lipinski definition) is 4. The van der Waals surface area contributed by atoms with Gasteiger partial charge < -0.3 is 14.2 Å². The second-order valence-electron chi connectivity index (χ2n) is 5.03. The molecule has 1 aliphatic heterocycles. The van der Waals surface area contributed by atoms with Gasteiger partial charge in [-0.05, 0) is 12.5 Å². The quantitative estimate of drug-likeness (QED) is 0.583. The Labute approximate surface area is 113 Å². The van der Waals surface area contributed by atoms with Crippen LogP contribution in [0.25, 0.3) is 0 Å². The highest BCUT2D eigenvalue weighted by atomic mass is 16.6. The van der Waals surface area contributed by atoms with Crippen molar-refractivity contribution in [2.45, 2.75) is 32.2 Å². The minimum absolute atomic E-state index is 0.0383. The van der Waals surface area contributed by atoms with Crippen LogP contribution in [-0.4, -0.2) is 31.4 Å². The molecule has 0 bridgehead atoms. The first-order valence-corrected chi connectivity index (χ1v) is 6.46. The van der Waals surface area contributed by atoms with Gasteiger partial charge in [-0.25, -0.2) is 4.79 Å². The summed E-state index contributed by atoms with van der Waals surface area (Å²) < 4.78 is 16.0. The van der Waals surface area contributed by atoms with E-state index in [9.17, 15) is 4.79 Å². The third-order valence-electron chi connectivity index (χ3n) is 3.76. The van der Waals surface area contributed by atoms with E-state index >= 15 is 0 Å². The molecule has 0 aliphatic carbocycles. The van der Waals surface area contributed by atoms with E-state index in [0.29, 0.717) is 13.2 Å². The summed E-state index contributed by atoms with van der Waals surface area (Å²) in [7, 11) is 1.38. The molecule has 1 fully saturated rings. The highest BCUT2D eigenvalue weighted by Gasteiger charge is 2.49. The Morgan fingerprint density at radius 1 is 1.47 bits per heavy atom. The van der Waals surface area contributed by atoms with E-state index in [1.807, 2.05) is 37.3 Å². The lowest BCUT2D eigenvalue weighted by Gasteiger charge is -2.32. The normalized spacial score (nSPS) is 22.4. The first-order chi connectivity index (χ1) is 9.08. The van der Waals surface area contributed by atoms with Crippen LogP contribution in [0.15, 0.2) is 30.3 Å². The second kappa shape index (κ2) is 5.72. The van der Waals surface area contributed by atoms with Crippen molar-refractivity contribution in [1.29, 1.82) is 0 Å². The molecular formula is C15H20O4. The van der Waals surface area contributed by atoms with E-state index in [-0.39, 0.29) is 18.0 Å². The first kappa shape index (κ1) is 14.0. The molecule has 19 heavy (non-hydrogen) atoms.